The van der Waals surface area contributed by atoms with Gasteiger partial charge in [0.15, 0.2) is 0 Å². The summed E-state index contributed by atoms with van der Waals surface area (Å²) in [6.07, 6.45) is -9.69. The van der Waals surface area contributed by atoms with E-state index in [4.69, 9.17) is 11.6 Å². The largest absolute Gasteiger partial charge is 0.417 e. The Balaban J connectivity index is 3.54. The van der Waals surface area contributed by atoms with Gasteiger partial charge in [0.2, 0.25) is 0 Å². The van der Waals surface area contributed by atoms with Crippen LogP contribution in [0.25, 0.3) is 0 Å². The normalized spacial score (nSPS) is 13.4. The first-order valence-electron chi connectivity index (χ1n) is 4.08. The quantitative estimate of drug-likeness (QED) is 0.535. The van der Waals surface area contributed by atoms with Crippen LogP contribution in [0.5, 0.6) is 0 Å². The van der Waals surface area contributed by atoms with Gasteiger partial charge in [-0.3, -0.25) is 0 Å². The smallest absolute Gasteiger partial charge is 0.166 e. The van der Waals surface area contributed by atoms with Gasteiger partial charge in [0.25, 0.3) is 0 Å². The second-order valence-electron chi connectivity index (χ2n) is 2.92. The zero-order valence-electron chi connectivity index (χ0n) is 7.90. The Hall–Kier alpha value is -0.740. The summed E-state index contributed by atoms with van der Waals surface area (Å²) >= 11 is 5.11. The van der Waals surface area contributed by atoms with Crippen molar-refractivity contribution in [2.45, 2.75) is 12.4 Å². The highest BCUT2D eigenvalue weighted by atomic mass is 35.5. The van der Waals surface area contributed by atoms with Crippen LogP contribution in [0.4, 0.5) is 26.3 Å². The molecule has 1 rings (SSSR count). The van der Waals surface area contributed by atoms with E-state index < -0.39 is 28.8 Å². The summed E-state index contributed by atoms with van der Waals surface area (Å²) < 4.78 is 75.1. The van der Waals surface area contributed by atoms with E-state index in [1.165, 1.54) is 0 Å². The van der Waals surface area contributed by atoms with Crippen molar-refractivity contribution in [3.8, 4) is 0 Å². The summed E-state index contributed by atoms with van der Waals surface area (Å²) in [4.78, 5) is 0. The monoisotopic (exact) mass is 292 g/mol. The molecule has 17 heavy (non-hydrogen) atoms. The Morgan fingerprint density at radius 3 is 1.65 bits per heavy atom. The number of rotatable bonds is 1. The minimum Gasteiger partial charge on any atom is -0.166 e. The fourth-order valence-electron chi connectivity index (χ4n) is 1.19. The first kappa shape index (κ1) is 14.3. The van der Waals surface area contributed by atoms with Gasteiger partial charge in [-0.2, -0.15) is 26.3 Å². The van der Waals surface area contributed by atoms with E-state index >= 15 is 0 Å². The van der Waals surface area contributed by atoms with E-state index in [0.29, 0.717) is 17.4 Å². The maximum atomic E-state index is 12.5. The molecular formula is C9H4ClF6P. The van der Waals surface area contributed by atoms with Crippen LogP contribution in [-0.2, 0) is 12.4 Å². The molecule has 0 N–H and O–H groups in total. The molecule has 0 unspecified atom stereocenters. The number of benzene rings is 1. The van der Waals surface area contributed by atoms with Gasteiger partial charge in [-0.25, -0.2) is 0 Å². The van der Waals surface area contributed by atoms with Gasteiger partial charge in [0.05, 0.1) is 11.1 Å². The molecule has 1 aromatic rings. The Bertz CT molecular complexity index is 402. The molecule has 0 aliphatic carbocycles. The average molecular weight is 293 g/mol. The fourth-order valence-corrected chi connectivity index (χ4v) is 2.26. The fraction of sp³-hybridized carbons (Fsp3) is 0.222. The van der Waals surface area contributed by atoms with Gasteiger partial charge in [0.1, 0.15) is 0 Å². The van der Waals surface area contributed by atoms with Crippen LogP contribution in [0.2, 0.25) is 0 Å². The molecule has 0 fully saturated rings. The van der Waals surface area contributed by atoms with Crippen LogP contribution >= 0.6 is 19.8 Å². The molecule has 0 nitrogen and oxygen atoms in total. The third-order valence-corrected chi connectivity index (χ3v) is 2.96. The highest BCUT2D eigenvalue weighted by Gasteiger charge is 2.39. The topological polar surface area (TPSA) is 0 Å². The third kappa shape index (κ3) is 3.36. The molecule has 8 heteroatoms. The Morgan fingerprint density at radius 2 is 1.35 bits per heavy atom. The summed E-state index contributed by atoms with van der Waals surface area (Å²) in [7, 11) is -0.342. The third-order valence-electron chi connectivity index (χ3n) is 1.82. The van der Waals surface area contributed by atoms with Crippen LogP contribution in [0, 0.1) is 0 Å². The van der Waals surface area contributed by atoms with Gasteiger partial charge >= 0.3 is 12.4 Å². The predicted octanol–water partition coefficient (Wildman–Crippen LogP) is 4.29. The van der Waals surface area contributed by atoms with E-state index in [-0.39, 0.29) is 8.20 Å². The summed E-state index contributed by atoms with van der Waals surface area (Å²) in [6.45, 7) is 0. The minimum absolute atomic E-state index is 0.342. The summed E-state index contributed by atoms with van der Waals surface area (Å²) in [5.74, 6) is 0. The summed E-state index contributed by atoms with van der Waals surface area (Å²) in [6, 6.07) is 1.91. The zero-order valence-corrected chi connectivity index (χ0v) is 9.55. The molecule has 0 saturated heterocycles. The molecule has 0 saturated carbocycles. The average Bonchev–Trinajstić information content (AvgIpc) is 2.15. The zero-order chi connectivity index (χ0) is 13.3. The molecule has 0 aromatic heterocycles. The van der Waals surface area contributed by atoms with Gasteiger partial charge in [-0.15, -0.1) is 0 Å². The van der Waals surface area contributed by atoms with Gasteiger partial charge in [-0.05, 0) is 12.1 Å². The second-order valence-corrected chi connectivity index (χ2v) is 4.41. The lowest BCUT2D eigenvalue weighted by molar-refractivity contribution is -0.141. The van der Waals surface area contributed by atoms with Crippen molar-refractivity contribution < 1.29 is 26.3 Å². The van der Waals surface area contributed by atoms with E-state index in [2.05, 4.69) is 0 Å². The van der Waals surface area contributed by atoms with Crippen molar-refractivity contribution in [1.29, 1.82) is 0 Å². The van der Waals surface area contributed by atoms with E-state index in [1.54, 1.807) is 0 Å². The van der Waals surface area contributed by atoms with Crippen LogP contribution in [0.15, 0.2) is 18.2 Å². The molecule has 0 spiro atoms. The molecule has 0 heterocycles. The molecule has 0 radical (unpaired) electrons. The van der Waals surface area contributed by atoms with Gasteiger partial charge < -0.3 is 0 Å². The van der Waals surface area contributed by atoms with Crippen molar-refractivity contribution in [2.75, 3.05) is 0 Å². The first-order chi connectivity index (χ1) is 7.68. The first-order valence-corrected chi connectivity index (χ1v) is 5.48. The molecule has 0 aliphatic rings. The maximum Gasteiger partial charge on any atom is 0.417 e. The minimum atomic E-state index is -4.84. The number of hydrogen-bond acceptors (Lipinski definition) is 0. The van der Waals surface area contributed by atoms with Crippen molar-refractivity contribution in [1.82, 2.24) is 0 Å². The van der Waals surface area contributed by atoms with E-state index in [1.807, 2.05) is 0 Å². The molecule has 1 aromatic carbocycles. The highest BCUT2D eigenvalue weighted by molar-refractivity contribution is 7.51. The van der Waals surface area contributed by atoms with Crippen molar-refractivity contribution in [2.24, 2.45) is 0 Å². The molecule has 0 bridgehead atoms. The molecule has 0 aliphatic heterocycles. The number of hydrogen-bond donors (Lipinski definition) is 0. The van der Waals surface area contributed by atoms with Crippen molar-refractivity contribution in [3.63, 3.8) is 0 Å². The Kier molecular flexibility index (Phi) is 4.10. The van der Waals surface area contributed by atoms with Crippen LogP contribution in [-0.4, -0.2) is 5.26 Å². The van der Waals surface area contributed by atoms with Crippen LogP contribution < -0.4 is 5.30 Å². The Morgan fingerprint density at radius 1 is 0.941 bits per heavy atom. The predicted molar refractivity (Wildman–Crippen MR) is 54.9 cm³/mol. The highest BCUT2D eigenvalue weighted by Crippen LogP contribution is 2.35. The molecule has 0 amide bonds. The van der Waals surface area contributed by atoms with Gasteiger partial charge in [0, 0.05) is 10.6 Å². The summed E-state index contributed by atoms with van der Waals surface area (Å²) in [5, 5.41) is -0.178. The number of alkyl halides is 6. The molecule has 0 atom stereocenters. The summed E-state index contributed by atoms with van der Waals surface area (Å²) in [5.41, 5.74) is -2.66. The molecular weight excluding hydrogens is 289 g/mol. The van der Waals surface area contributed by atoms with Gasteiger partial charge in [-0.1, -0.05) is 25.9 Å². The van der Waals surface area contributed by atoms with E-state index in [9.17, 15) is 26.3 Å². The lowest BCUT2D eigenvalue weighted by atomic mass is 10.1. The van der Waals surface area contributed by atoms with Crippen molar-refractivity contribution >= 4 is 30.4 Å². The number of halogens is 7. The van der Waals surface area contributed by atoms with Crippen molar-refractivity contribution in [3.05, 3.63) is 29.3 Å². The maximum absolute atomic E-state index is 12.5. The second kappa shape index (κ2) is 4.86. The lowest BCUT2D eigenvalue weighted by Gasteiger charge is -2.15. The Labute approximate surface area is 99.0 Å². The van der Waals surface area contributed by atoms with Crippen LogP contribution in [0.3, 0.4) is 0 Å². The molecule has 94 valence electrons. The SMILES string of the molecule is FC(F)(F)c1cccc(C(F)(F)F)c1P=CCl. The lowest BCUT2D eigenvalue weighted by Crippen LogP contribution is -2.23. The van der Waals surface area contributed by atoms with E-state index in [0.717, 1.165) is 6.07 Å². The standard InChI is InChI=1S/C9H4ClF6P/c10-4-17-7-5(8(11,12)13)2-1-3-6(7)9(14,15)16/h1-4H. The van der Waals surface area contributed by atoms with Crippen LogP contribution in [0.1, 0.15) is 11.1 Å².